The van der Waals surface area contributed by atoms with Crippen molar-refractivity contribution in [2.24, 2.45) is 0 Å². The first-order chi connectivity index (χ1) is 14.3. The maximum absolute atomic E-state index is 13.4. The summed E-state index contributed by atoms with van der Waals surface area (Å²) in [5, 5.41) is 3.42. The number of rotatable bonds is 5. The van der Waals surface area contributed by atoms with Crippen LogP contribution in [0.5, 0.6) is 0 Å². The standard InChI is InChI=1S/C20H18FN3O4S2/c21-13-5-7-15(8-6-13)24-19(26)16-3-1-2-4-17(16)23-20(24)29-11-18(25)22-14-9-10-30(27,28)12-14/h1-8,14H,9-12H2,(H,22,25). The van der Waals surface area contributed by atoms with E-state index < -0.39 is 21.7 Å². The van der Waals surface area contributed by atoms with E-state index in [0.29, 0.717) is 28.2 Å². The number of amides is 1. The van der Waals surface area contributed by atoms with Crippen LogP contribution in [0.1, 0.15) is 6.42 Å². The molecule has 0 radical (unpaired) electrons. The van der Waals surface area contributed by atoms with Crippen LogP contribution in [-0.2, 0) is 14.6 Å². The van der Waals surface area contributed by atoms with Crippen molar-refractivity contribution in [1.29, 1.82) is 0 Å². The Hall–Kier alpha value is -2.72. The SMILES string of the molecule is O=C(CSc1nc2ccccc2c(=O)n1-c1ccc(F)cc1)NC1CCS(=O)(=O)C1. The van der Waals surface area contributed by atoms with Crippen LogP contribution in [0.2, 0.25) is 0 Å². The summed E-state index contributed by atoms with van der Waals surface area (Å²) in [5.41, 5.74) is 0.604. The van der Waals surface area contributed by atoms with Gasteiger partial charge in [0.1, 0.15) is 5.82 Å². The monoisotopic (exact) mass is 447 g/mol. The van der Waals surface area contributed by atoms with E-state index in [1.807, 2.05) is 0 Å². The third kappa shape index (κ3) is 4.39. The van der Waals surface area contributed by atoms with Gasteiger partial charge in [-0.25, -0.2) is 17.8 Å². The van der Waals surface area contributed by atoms with E-state index in [1.165, 1.54) is 28.8 Å². The summed E-state index contributed by atoms with van der Waals surface area (Å²) >= 11 is 1.06. The average molecular weight is 448 g/mol. The molecule has 0 bridgehead atoms. The van der Waals surface area contributed by atoms with Crippen LogP contribution in [0.25, 0.3) is 16.6 Å². The quantitative estimate of drug-likeness (QED) is 0.474. The first-order valence-electron chi connectivity index (χ1n) is 9.23. The maximum atomic E-state index is 13.4. The van der Waals surface area contributed by atoms with Crippen molar-refractivity contribution in [3.05, 3.63) is 64.7 Å². The van der Waals surface area contributed by atoms with Gasteiger partial charge in [0.2, 0.25) is 5.91 Å². The molecule has 1 atom stereocenters. The van der Waals surface area contributed by atoms with Gasteiger partial charge in [-0.2, -0.15) is 0 Å². The van der Waals surface area contributed by atoms with Crippen LogP contribution >= 0.6 is 11.8 Å². The van der Waals surface area contributed by atoms with E-state index >= 15 is 0 Å². The fourth-order valence-corrected chi connectivity index (χ4v) is 5.83. The average Bonchev–Trinajstić information content (AvgIpc) is 3.05. The van der Waals surface area contributed by atoms with E-state index in [4.69, 9.17) is 0 Å². The highest BCUT2D eigenvalue weighted by Gasteiger charge is 2.29. The van der Waals surface area contributed by atoms with Gasteiger partial charge in [-0.15, -0.1) is 0 Å². The number of nitrogens with one attached hydrogen (secondary N) is 1. The van der Waals surface area contributed by atoms with E-state index in [0.717, 1.165) is 11.8 Å². The van der Waals surface area contributed by atoms with Crippen molar-refractivity contribution in [2.75, 3.05) is 17.3 Å². The van der Waals surface area contributed by atoms with Crippen molar-refractivity contribution in [1.82, 2.24) is 14.9 Å². The van der Waals surface area contributed by atoms with Gasteiger partial charge < -0.3 is 5.32 Å². The topological polar surface area (TPSA) is 98.1 Å². The lowest BCUT2D eigenvalue weighted by molar-refractivity contribution is -0.119. The van der Waals surface area contributed by atoms with E-state index in [-0.39, 0.29) is 28.7 Å². The zero-order chi connectivity index (χ0) is 21.3. The minimum Gasteiger partial charge on any atom is -0.352 e. The number of fused-ring (bicyclic) bond motifs is 1. The molecule has 1 aliphatic heterocycles. The number of carbonyl (C=O) groups is 1. The minimum absolute atomic E-state index is 0.0392. The molecule has 10 heteroatoms. The molecule has 0 spiro atoms. The van der Waals surface area contributed by atoms with Crippen LogP contribution in [0.3, 0.4) is 0 Å². The van der Waals surface area contributed by atoms with E-state index in [9.17, 15) is 22.4 Å². The Morgan fingerprint density at radius 1 is 1.20 bits per heavy atom. The Morgan fingerprint density at radius 2 is 1.93 bits per heavy atom. The van der Waals surface area contributed by atoms with Gasteiger partial charge in [-0.3, -0.25) is 14.2 Å². The molecule has 3 aromatic rings. The maximum Gasteiger partial charge on any atom is 0.266 e. The van der Waals surface area contributed by atoms with Crippen molar-refractivity contribution in [2.45, 2.75) is 17.6 Å². The number of aromatic nitrogens is 2. The zero-order valence-corrected chi connectivity index (χ0v) is 17.4. The smallest absolute Gasteiger partial charge is 0.266 e. The molecule has 30 heavy (non-hydrogen) atoms. The normalized spacial score (nSPS) is 17.8. The first-order valence-corrected chi connectivity index (χ1v) is 12.0. The van der Waals surface area contributed by atoms with Gasteiger partial charge >= 0.3 is 0 Å². The molecule has 4 rings (SSSR count). The molecule has 1 amide bonds. The van der Waals surface area contributed by atoms with Gasteiger partial charge in [0.15, 0.2) is 15.0 Å². The lowest BCUT2D eigenvalue weighted by atomic mass is 10.2. The largest absolute Gasteiger partial charge is 0.352 e. The number of hydrogen-bond acceptors (Lipinski definition) is 6. The van der Waals surface area contributed by atoms with Crippen LogP contribution in [0.15, 0.2) is 58.5 Å². The molecule has 1 aliphatic rings. The van der Waals surface area contributed by atoms with Crippen LogP contribution in [-0.4, -0.2) is 47.2 Å². The highest BCUT2D eigenvalue weighted by Crippen LogP contribution is 2.22. The fourth-order valence-electron chi connectivity index (χ4n) is 3.34. The molecule has 2 heterocycles. The molecular formula is C20H18FN3O4S2. The number of halogens is 1. The predicted octanol–water partition coefficient (Wildman–Crippen LogP) is 1.92. The first kappa shape index (κ1) is 20.5. The highest BCUT2D eigenvalue weighted by molar-refractivity contribution is 7.99. The third-order valence-corrected chi connectivity index (χ3v) is 7.47. The Kier molecular flexibility index (Phi) is 5.61. The number of hydrogen-bond donors (Lipinski definition) is 1. The molecule has 0 saturated carbocycles. The van der Waals surface area contributed by atoms with E-state index in [2.05, 4.69) is 10.3 Å². The predicted molar refractivity (Wildman–Crippen MR) is 113 cm³/mol. The highest BCUT2D eigenvalue weighted by atomic mass is 32.2. The Balaban J connectivity index is 1.62. The number of thioether (sulfide) groups is 1. The molecule has 7 nitrogen and oxygen atoms in total. The van der Waals surface area contributed by atoms with Crippen molar-refractivity contribution in [3.8, 4) is 5.69 Å². The fraction of sp³-hybridized carbons (Fsp3) is 0.250. The Bertz CT molecular complexity index is 1270. The number of para-hydroxylation sites is 1. The third-order valence-electron chi connectivity index (χ3n) is 4.76. The second-order valence-electron chi connectivity index (χ2n) is 6.98. The minimum atomic E-state index is -3.09. The Morgan fingerprint density at radius 3 is 2.63 bits per heavy atom. The summed E-state index contributed by atoms with van der Waals surface area (Å²) in [5.74, 6) is -0.794. The molecule has 1 unspecified atom stereocenters. The van der Waals surface area contributed by atoms with Gasteiger partial charge in [0.05, 0.1) is 33.8 Å². The summed E-state index contributed by atoms with van der Waals surface area (Å²) in [7, 11) is -3.09. The molecule has 0 aliphatic carbocycles. The lowest BCUT2D eigenvalue weighted by Crippen LogP contribution is -2.36. The second kappa shape index (κ2) is 8.19. The molecule has 1 saturated heterocycles. The summed E-state index contributed by atoms with van der Waals surface area (Å²) in [6.07, 6.45) is 0.396. The number of carbonyl (C=O) groups excluding carboxylic acids is 1. The summed E-state index contributed by atoms with van der Waals surface area (Å²) < 4.78 is 37.8. The summed E-state index contributed by atoms with van der Waals surface area (Å²) in [6.45, 7) is 0. The lowest BCUT2D eigenvalue weighted by Gasteiger charge is -2.14. The van der Waals surface area contributed by atoms with Crippen LogP contribution in [0, 0.1) is 5.82 Å². The second-order valence-corrected chi connectivity index (χ2v) is 10.2. The summed E-state index contributed by atoms with van der Waals surface area (Å²) in [6, 6.07) is 11.9. The summed E-state index contributed by atoms with van der Waals surface area (Å²) in [4.78, 5) is 29.9. The molecule has 2 aromatic carbocycles. The molecule has 1 aromatic heterocycles. The molecule has 156 valence electrons. The van der Waals surface area contributed by atoms with E-state index in [1.54, 1.807) is 24.3 Å². The zero-order valence-electron chi connectivity index (χ0n) is 15.7. The van der Waals surface area contributed by atoms with Crippen molar-refractivity contribution >= 4 is 38.4 Å². The number of sulfone groups is 1. The van der Waals surface area contributed by atoms with Gasteiger partial charge in [-0.05, 0) is 42.8 Å². The van der Waals surface area contributed by atoms with Gasteiger partial charge in [-0.1, -0.05) is 23.9 Å². The van der Waals surface area contributed by atoms with Gasteiger partial charge in [0, 0.05) is 6.04 Å². The van der Waals surface area contributed by atoms with Crippen molar-refractivity contribution in [3.63, 3.8) is 0 Å². The van der Waals surface area contributed by atoms with Crippen LogP contribution < -0.4 is 10.9 Å². The van der Waals surface area contributed by atoms with Gasteiger partial charge in [0.25, 0.3) is 5.56 Å². The number of benzene rings is 2. The molecular weight excluding hydrogens is 429 g/mol. The number of nitrogens with zero attached hydrogens (tertiary/aromatic N) is 2. The van der Waals surface area contributed by atoms with Crippen LogP contribution in [0.4, 0.5) is 4.39 Å². The molecule has 1 fully saturated rings. The Labute approximate surface area is 176 Å². The molecule has 1 N–H and O–H groups in total. The van der Waals surface area contributed by atoms with Crippen molar-refractivity contribution < 1.29 is 17.6 Å².